The second-order valence-electron chi connectivity index (χ2n) is 2.12. The molecule has 1 rings (SSSR count). The smallest absolute Gasteiger partial charge is 0.121 e. The Kier molecular flexibility index (Phi) is 2.60. The van der Waals surface area contributed by atoms with E-state index in [1.165, 1.54) is 0 Å². The monoisotopic (exact) mass is 171 g/mol. The zero-order chi connectivity index (χ0) is 8.27. The predicted molar refractivity (Wildman–Crippen MR) is 47.0 cm³/mol. The number of benzene rings is 1. The number of halogens is 1. The van der Waals surface area contributed by atoms with Crippen LogP contribution >= 0.6 is 11.6 Å². The molecule has 0 heterocycles. The minimum Gasteiger partial charge on any atom is -0.494 e. The molecule has 2 nitrogen and oxygen atoms in total. The quantitative estimate of drug-likeness (QED) is 0.694. The largest absolute Gasteiger partial charge is 0.494 e. The highest BCUT2D eigenvalue weighted by molar-refractivity contribution is 6.33. The second kappa shape index (κ2) is 3.49. The Balaban J connectivity index is 2.86. The SMILES string of the molecule is CCOc1ccc(Cl)c(N)c1. The zero-order valence-corrected chi connectivity index (χ0v) is 7.06. The third-order valence-corrected chi connectivity index (χ3v) is 1.62. The molecule has 0 radical (unpaired) electrons. The first-order valence-corrected chi connectivity index (χ1v) is 3.79. The molecule has 2 N–H and O–H groups in total. The highest BCUT2D eigenvalue weighted by Crippen LogP contribution is 2.23. The van der Waals surface area contributed by atoms with Gasteiger partial charge in [-0.25, -0.2) is 0 Å². The Morgan fingerprint density at radius 1 is 1.55 bits per heavy atom. The van der Waals surface area contributed by atoms with E-state index in [1.807, 2.05) is 6.92 Å². The fraction of sp³-hybridized carbons (Fsp3) is 0.250. The van der Waals surface area contributed by atoms with Gasteiger partial charge in [0.2, 0.25) is 0 Å². The summed E-state index contributed by atoms with van der Waals surface area (Å²) in [6.45, 7) is 2.56. The van der Waals surface area contributed by atoms with Gasteiger partial charge in [0.05, 0.1) is 17.3 Å². The number of hydrogen-bond donors (Lipinski definition) is 1. The van der Waals surface area contributed by atoms with Crippen LogP contribution in [0.5, 0.6) is 5.75 Å². The Bertz CT molecular complexity index is 250. The zero-order valence-electron chi connectivity index (χ0n) is 6.30. The molecule has 0 aromatic heterocycles. The summed E-state index contributed by atoms with van der Waals surface area (Å²) in [4.78, 5) is 0. The van der Waals surface area contributed by atoms with E-state index >= 15 is 0 Å². The lowest BCUT2D eigenvalue weighted by Crippen LogP contribution is -1.93. The maximum atomic E-state index is 5.70. The molecule has 3 heteroatoms. The molecule has 0 atom stereocenters. The average molecular weight is 172 g/mol. The average Bonchev–Trinajstić information content (AvgIpc) is 1.98. The number of hydrogen-bond acceptors (Lipinski definition) is 2. The van der Waals surface area contributed by atoms with Crippen LogP contribution in [0.2, 0.25) is 5.02 Å². The summed E-state index contributed by atoms with van der Waals surface area (Å²) in [7, 11) is 0. The summed E-state index contributed by atoms with van der Waals surface area (Å²) >= 11 is 5.70. The molecule has 11 heavy (non-hydrogen) atoms. The molecule has 0 aliphatic rings. The standard InChI is InChI=1S/C8H10ClNO/c1-2-11-6-3-4-7(9)8(10)5-6/h3-5H,2,10H2,1H3. The van der Waals surface area contributed by atoms with Crippen molar-refractivity contribution in [3.05, 3.63) is 23.2 Å². The molecule has 0 saturated heterocycles. The molecule has 1 aromatic rings. The number of ether oxygens (including phenoxy) is 1. The van der Waals surface area contributed by atoms with Gasteiger partial charge in [-0.05, 0) is 19.1 Å². The molecule has 0 aliphatic heterocycles. The van der Waals surface area contributed by atoms with E-state index in [0.717, 1.165) is 5.75 Å². The van der Waals surface area contributed by atoms with Crippen molar-refractivity contribution in [1.29, 1.82) is 0 Å². The lowest BCUT2D eigenvalue weighted by Gasteiger charge is -2.03. The van der Waals surface area contributed by atoms with Gasteiger partial charge in [-0.3, -0.25) is 0 Å². The van der Waals surface area contributed by atoms with E-state index in [1.54, 1.807) is 18.2 Å². The van der Waals surface area contributed by atoms with Crippen LogP contribution in [-0.2, 0) is 0 Å². The van der Waals surface area contributed by atoms with Crippen molar-refractivity contribution >= 4 is 17.3 Å². The first kappa shape index (κ1) is 8.21. The minimum absolute atomic E-state index is 0.553. The van der Waals surface area contributed by atoms with Crippen molar-refractivity contribution in [1.82, 2.24) is 0 Å². The van der Waals surface area contributed by atoms with Crippen molar-refractivity contribution in [3.8, 4) is 5.75 Å². The van der Waals surface area contributed by atoms with Crippen LogP contribution in [0.1, 0.15) is 6.92 Å². The van der Waals surface area contributed by atoms with Gasteiger partial charge >= 0.3 is 0 Å². The molecule has 0 amide bonds. The van der Waals surface area contributed by atoms with Gasteiger partial charge in [0, 0.05) is 6.07 Å². The van der Waals surface area contributed by atoms with Crippen molar-refractivity contribution in [2.45, 2.75) is 6.92 Å². The van der Waals surface area contributed by atoms with Crippen LogP contribution in [0.25, 0.3) is 0 Å². The number of anilines is 1. The molecule has 0 saturated carbocycles. The molecule has 0 fully saturated rings. The number of rotatable bonds is 2. The normalized spacial score (nSPS) is 9.64. The highest BCUT2D eigenvalue weighted by Gasteiger charge is 1.96. The van der Waals surface area contributed by atoms with Crippen molar-refractivity contribution < 1.29 is 4.74 Å². The van der Waals surface area contributed by atoms with Crippen LogP contribution in [0.4, 0.5) is 5.69 Å². The number of nitrogens with two attached hydrogens (primary N) is 1. The highest BCUT2D eigenvalue weighted by atomic mass is 35.5. The van der Waals surface area contributed by atoms with E-state index in [-0.39, 0.29) is 0 Å². The fourth-order valence-electron chi connectivity index (χ4n) is 0.778. The molecule has 0 spiro atoms. The third-order valence-electron chi connectivity index (χ3n) is 1.28. The summed E-state index contributed by atoms with van der Waals surface area (Å²) in [6, 6.07) is 5.23. The summed E-state index contributed by atoms with van der Waals surface area (Å²) in [6.07, 6.45) is 0. The molecule has 60 valence electrons. The van der Waals surface area contributed by atoms with Gasteiger partial charge in [-0.2, -0.15) is 0 Å². The van der Waals surface area contributed by atoms with Crippen LogP contribution in [-0.4, -0.2) is 6.61 Å². The molecule has 0 aliphatic carbocycles. The second-order valence-corrected chi connectivity index (χ2v) is 2.52. The van der Waals surface area contributed by atoms with Crippen molar-refractivity contribution in [3.63, 3.8) is 0 Å². The Morgan fingerprint density at radius 3 is 2.82 bits per heavy atom. The van der Waals surface area contributed by atoms with E-state index in [4.69, 9.17) is 22.1 Å². The van der Waals surface area contributed by atoms with E-state index in [9.17, 15) is 0 Å². The van der Waals surface area contributed by atoms with Crippen LogP contribution in [0.15, 0.2) is 18.2 Å². The third kappa shape index (κ3) is 2.02. The van der Waals surface area contributed by atoms with Gasteiger partial charge in [0.25, 0.3) is 0 Å². The Hall–Kier alpha value is -0.890. The lowest BCUT2D eigenvalue weighted by atomic mass is 10.3. The summed E-state index contributed by atoms with van der Waals surface area (Å²) in [5, 5.41) is 0.563. The van der Waals surface area contributed by atoms with Gasteiger partial charge in [-0.1, -0.05) is 11.6 Å². The van der Waals surface area contributed by atoms with Gasteiger partial charge in [0.1, 0.15) is 5.75 Å². The van der Waals surface area contributed by atoms with E-state index in [2.05, 4.69) is 0 Å². The van der Waals surface area contributed by atoms with Crippen molar-refractivity contribution in [2.75, 3.05) is 12.3 Å². The van der Waals surface area contributed by atoms with Crippen LogP contribution in [0, 0.1) is 0 Å². The fourth-order valence-corrected chi connectivity index (χ4v) is 0.896. The summed E-state index contributed by atoms with van der Waals surface area (Å²) in [5.74, 6) is 0.759. The summed E-state index contributed by atoms with van der Waals surface area (Å²) in [5.41, 5.74) is 6.09. The first-order chi connectivity index (χ1) is 5.24. The van der Waals surface area contributed by atoms with E-state index < -0.39 is 0 Å². The molecular formula is C8H10ClNO. The minimum atomic E-state index is 0.553. The van der Waals surface area contributed by atoms with Gasteiger partial charge in [-0.15, -0.1) is 0 Å². The number of nitrogen functional groups attached to an aromatic ring is 1. The topological polar surface area (TPSA) is 35.2 Å². The maximum absolute atomic E-state index is 5.70. The Morgan fingerprint density at radius 2 is 2.27 bits per heavy atom. The lowest BCUT2D eigenvalue weighted by molar-refractivity contribution is 0.340. The maximum Gasteiger partial charge on any atom is 0.121 e. The van der Waals surface area contributed by atoms with Crippen LogP contribution in [0.3, 0.4) is 0 Å². The molecule has 0 unspecified atom stereocenters. The molecular weight excluding hydrogens is 162 g/mol. The van der Waals surface area contributed by atoms with Gasteiger partial charge < -0.3 is 10.5 Å². The molecule has 0 bridgehead atoms. The molecule has 1 aromatic carbocycles. The Labute approximate surface area is 70.9 Å². The van der Waals surface area contributed by atoms with Gasteiger partial charge in [0.15, 0.2) is 0 Å². The predicted octanol–water partition coefficient (Wildman–Crippen LogP) is 2.32. The van der Waals surface area contributed by atoms with E-state index in [0.29, 0.717) is 17.3 Å². The van der Waals surface area contributed by atoms with Crippen LogP contribution < -0.4 is 10.5 Å². The first-order valence-electron chi connectivity index (χ1n) is 3.42. The van der Waals surface area contributed by atoms with Crippen molar-refractivity contribution in [2.24, 2.45) is 0 Å². The summed E-state index contributed by atoms with van der Waals surface area (Å²) < 4.78 is 5.20.